The van der Waals surface area contributed by atoms with E-state index in [0.29, 0.717) is 22.8 Å². The highest BCUT2D eigenvalue weighted by Gasteiger charge is 2.19. The summed E-state index contributed by atoms with van der Waals surface area (Å²) in [6.45, 7) is 5.42. The number of hydrogen-bond donors (Lipinski definition) is 3. The van der Waals surface area contributed by atoms with Crippen LogP contribution in [0.4, 0.5) is 11.5 Å². The van der Waals surface area contributed by atoms with Crippen molar-refractivity contribution < 1.29 is 9.21 Å². The molecule has 0 aliphatic carbocycles. The van der Waals surface area contributed by atoms with Crippen LogP contribution >= 0.6 is 0 Å². The number of nitrogen functional groups attached to an aromatic ring is 1. The molecule has 0 fully saturated rings. The van der Waals surface area contributed by atoms with Gasteiger partial charge in [0.15, 0.2) is 5.82 Å². The largest absolute Gasteiger partial charge is 0.466 e. The number of aryl methyl sites for hydroxylation is 2. The lowest BCUT2D eigenvalue weighted by Gasteiger charge is -2.03. The van der Waals surface area contributed by atoms with Crippen LogP contribution in [0, 0.1) is 20.8 Å². The van der Waals surface area contributed by atoms with E-state index in [1.165, 1.54) is 6.20 Å². The van der Waals surface area contributed by atoms with Crippen LogP contribution in [0.5, 0.6) is 0 Å². The van der Waals surface area contributed by atoms with E-state index in [4.69, 9.17) is 10.2 Å². The molecule has 0 aliphatic rings. The van der Waals surface area contributed by atoms with Gasteiger partial charge in [0.2, 0.25) is 0 Å². The summed E-state index contributed by atoms with van der Waals surface area (Å²) in [6, 6.07) is 0. The molecule has 0 unspecified atom stereocenters. The fourth-order valence-electron chi connectivity index (χ4n) is 1.70. The lowest BCUT2D eigenvalue weighted by atomic mass is 10.1. The lowest BCUT2D eigenvalue weighted by molar-refractivity contribution is 0.102. The summed E-state index contributed by atoms with van der Waals surface area (Å²) in [5.74, 6) is 1.47. The lowest BCUT2D eigenvalue weighted by Crippen LogP contribution is -2.14. The van der Waals surface area contributed by atoms with Gasteiger partial charge in [0.05, 0.1) is 17.4 Å². The van der Waals surface area contributed by atoms with Crippen molar-refractivity contribution in [2.75, 3.05) is 11.1 Å². The Morgan fingerprint density at radius 2 is 2.12 bits per heavy atom. The third-order valence-corrected chi connectivity index (χ3v) is 2.70. The number of carbonyl (C=O) groups excluding carboxylic acids is 1. The van der Waals surface area contributed by atoms with E-state index in [1.807, 2.05) is 13.8 Å². The molecule has 0 saturated carbocycles. The van der Waals surface area contributed by atoms with Crippen molar-refractivity contribution in [3.63, 3.8) is 0 Å². The molecule has 0 atom stereocenters. The van der Waals surface area contributed by atoms with Crippen LogP contribution in [0.25, 0.3) is 0 Å². The van der Waals surface area contributed by atoms with Crippen LogP contribution < -0.4 is 11.1 Å². The van der Waals surface area contributed by atoms with Crippen molar-refractivity contribution in [2.45, 2.75) is 20.8 Å². The Morgan fingerprint density at radius 1 is 1.41 bits per heavy atom. The predicted octanol–water partition coefficient (Wildman–Crippen LogP) is 1.76. The number of H-pyrrole nitrogens is 1. The molecule has 2 aromatic heterocycles. The van der Waals surface area contributed by atoms with Gasteiger partial charge < -0.3 is 15.5 Å². The number of rotatable bonds is 2. The maximum Gasteiger partial charge on any atom is 0.260 e. The van der Waals surface area contributed by atoms with Crippen LogP contribution in [-0.4, -0.2) is 16.1 Å². The summed E-state index contributed by atoms with van der Waals surface area (Å²) in [6.07, 6.45) is 1.44. The number of nitrogens with one attached hydrogen (secondary N) is 2. The summed E-state index contributed by atoms with van der Waals surface area (Å²) in [4.78, 5) is 12.0. The van der Waals surface area contributed by atoms with E-state index in [9.17, 15) is 4.79 Å². The Labute approximate surface area is 98.2 Å². The molecule has 0 spiro atoms. The second-order valence-corrected chi connectivity index (χ2v) is 3.87. The van der Waals surface area contributed by atoms with Gasteiger partial charge in [-0.25, -0.2) is 0 Å². The summed E-state index contributed by atoms with van der Waals surface area (Å²) in [5.41, 5.74) is 7.38. The van der Waals surface area contributed by atoms with Crippen molar-refractivity contribution in [1.82, 2.24) is 10.2 Å². The molecule has 1 amide bonds. The third kappa shape index (κ3) is 1.89. The number of nitrogens with zero attached hydrogens (tertiary/aromatic N) is 1. The molecule has 17 heavy (non-hydrogen) atoms. The van der Waals surface area contributed by atoms with Crippen molar-refractivity contribution in [3.8, 4) is 0 Å². The van der Waals surface area contributed by atoms with E-state index < -0.39 is 0 Å². The molecule has 4 N–H and O–H groups in total. The molecular weight excluding hydrogens is 220 g/mol. The summed E-state index contributed by atoms with van der Waals surface area (Å²) in [5, 5.41) is 9.00. The number of anilines is 2. The Kier molecular flexibility index (Phi) is 2.63. The molecule has 2 heterocycles. The molecule has 2 aromatic rings. The first-order valence-electron chi connectivity index (χ1n) is 5.17. The molecule has 90 valence electrons. The molecule has 6 nitrogen and oxygen atoms in total. The van der Waals surface area contributed by atoms with Gasteiger partial charge in [-0.1, -0.05) is 0 Å². The van der Waals surface area contributed by atoms with Crippen molar-refractivity contribution >= 4 is 17.4 Å². The average molecular weight is 234 g/mol. The zero-order valence-electron chi connectivity index (χ0n) is 9.92. The smallest absolute Gasteiger partial charge is 0.260 e. The minimum Gasteiger partial charge on any atom is -0.466 e. The Bertz CT molecular complexity index is 568. The molecule has 0 bridgehead atoms. The fourth-order valence-corrected chi connectivity index (χ4v) is 1.70. The minimum atomic E-state index is -0.257. The van der Waals surface area contributed by atoms with Crippen LogP contribution in [-0.2, 0) is 0 Å². The number of hydrogen-bond acceptors (Lipinski definition) is 4. The molecule has 2 rings (SSSR count). The van der Waals surface area contributed by atoms with E-state index in [1.54, 1.807) is 6.92 Å². The van der Waals surface area contributed by atoms with Gasteiger partial charge in [-0.3, -0.25) is 9.89 Å². The number of carbonyl (C=O) groups is 1. The zero-order chi connectivity index (χ0) is 12.6. The maximum absolute atomic E-state index is 12.0. The first-order chi connectivity index (χ1) is 8.00. The number of aromatic nitrogens is 2. The van der Waals surface area contributed by atoms with Gasteiger partial charge in [-0.2, -0.15) is 5.10 Å². The highest BCUT2D eigenvalue weighted by atomic mass is 16.3. The van der Waals surface area contributed by atoms with Crippen LogP contribution in [0.1, 0.15) is 27.4 Å². The quantitative estimate of drug-likeness (QED) is 0.737. The Morgan fingerprint density at radius 3 is 2.59 bits per heavy atom. The standard InChI is InChI=1S/C11H14N4O2/c1-5-6(2)17-7(3)9(5)11(16)14-10-8(12)4-13-15-10/h4H,12H2,1-3H3,(H2,13,14,15,16). The van der Waals surface area contributed by atoms with Crippen LogP contribution in [0.3, 0.4) is 0 Å². The molecule has 0 radical (unpaired) electrons. The zero-order valence-corrected chi connectivity index (χ0v) is 9.92. The van der Waals surface area contributed by atoms with E-state index >= 15 is 0 Å². The molecule has 0 aromatic carbocycles. The highest BCUT2D eigenvalue weighted by molar-refractivity contribution is 6.06. The van der Waals surface area contributed by atoms with Crippen molar-refractivity contribution in [3.05, 3.63) is 28.8 Å². The first kappa shape index (κ1) is 11.3. The topological polar surface area (TPSA) is 96.9 Å². The minimum absolute atomic E-state index is 0.257. The Balaban J connectivity index is 2.29. The third-order valence-electron chi connectivity index (χ3n) is 2.70. The molecule has 0 saturated heterocycles. The fraction of sp³-hybridized carbons (Fsp3) is 0.273. The predicted molar refractivity (Wildman–Crippen MR) is 63.9 cm³/mol. The Hall–Kier alpha value is -2.24. The number of aromatic amines is 1. The molecule has 6 heteroatoms. The monoisotopic (exact) mass is 234 g/mol. The van der Waals surface area contributed by atoms with Gasteiger partial charge in [0.25, 0.3) is 5.91 Å². The summed E-state index contributed by atoms with van der Waals surface area (Å²) >= 11 is 0. The molecule has 0 aliphatic heterocycles. The second kappa shape index (κ2) is 3.97. The molecular formula is C11H14N4O2. The van der Waals surface area contributed by atoms with Crippen molar-refractivity contribution in [1.29, 1.82) is 0 Å². The number of nitrogens with two attached hydrogens (primary N) is 1. The average Bonchev–Trinajstić information content (AvgIpc) is 2.74. The number of amides is 1. The number of furan rings is 1. The van der Waals surface area contributed by atoms with Gasteiger partial charge in [0, 0.05) is 5.56 Å². The van der Waals surface area contributed by atoms with E-state index in [-0.39, 0.29) is 5.91 Å². The van der Waals surface area contributed by atoms with Crippen LogP contribution in [0.15, 0.2) is 10.6 Å². The van der Waals surface area contributed by atoms with E-state index in [2.05, 4.69) is 15.5 Å². The van der Waals surface area contributed by atoms with Gasteiger partial charge in [-0.05, 0) is 20.8 Å². The summed E-state index contributed by atoms with van der Waals surface area (Å²) in [7, 11) is 0. The van der Waals surface area contributed by atoms with Gasteiger partial charge >= 0.3 is 0 Å². The van der Waals surface area contributed by atoms with Gasteiger partial charge in [-0.15, -0.1) is 0 Å². The first-order valence-corrected chi connectivity index (χ1v) is 5.17. The second-order valence-electron chi connectivity index (χ2n) is 3.87. The van der Waals surface area contributed by atoms with E-state index in [0.717, 1.165) is 11.3 Å². The van der Waals surface area contributed by atoms with Crippen LogP contribution in [0.2, 0.25) is 0 Å². The maximum atomic E-state index is 12.0. The SMILES string of the molecule is Cc1oc(C)c(C(=O)Nc2[nH]ncc2N)c1C. The van der Waals surface area contributed by atoms with Gasteiger partial charge in [0.1, 0.15) is 11.5 Å². The van der Waals surface area contributed by atoms with Crippen molar-refractivity contribution in [2.24, 2.45) is 0 Å². The summed E-state index contributed by atoms with van der Waals surface area (Å²) < 4.78 is 5.40. The normalized spacial score (nSPS) is 10.5. The highest BCUT2D eigenvalue weighted by Crippen LogP contribution is 2.22.